The molecule has 1 unspecified atom stereocenters. The summed E-state index contributed by atoms with van der Waals surface area (Å²) >= 11 is 0. The summed E-state index contributed by atoms with van der Waals surface area (Å²) in [7, 11) is 4.21. The van der Waals surface area contributed by atoms with Crippen molar-refractivity contribution in [1.82, 2.24) is 10.2 Å². The van der Waals surface area contributed by atoms with Crippen LogP contribution in [-0.4, -0.2) is 32.1 Å². The van der Waals surface area contributed by atoms with Gasteiger partial charge >= 0.3 is 0 Å². The van der Waals surface area contributed by atoms with Crippen LogP contribution in [0.5, 0.6) is 0 Å². The Bertz CT molecular complexity index is 374. The van der Waals surface area contributed by atoms with E-state index in [0.717, 1.165) is 18.8 Å². The Balaban J connectivity index is 2.03. The first kappa shape index (κ1) is 12.4. The molecule has 0 saturated heterocycles. The van der Waals surface area contributed by atoms with Gasteiger partial charge in [0.25, 0.3) is 0 Å². The minimum absolute atomic E-state index is 0.488. The van der Waals surface area contributed by atoms with Gasteiger partial charge in [-0.05, 0) is 56.6 Å². The second-order valence-corrected chi connectivity index (χ2v) is 5.16. The van der Waals surface area contributed by atoms with Gasteiger partial charge in [-0.3, -0.25) is 0 Å². The number of benzene rings is 1. The van der Waals surface area contributed by atoms with Gasteiger partial charge in [0.05, 0.1) is 0 Å². The van der Waals surface area contributed by atoms with Gasteiger partial charge < -0.3 is 16.0 Å². The Hall–Kier alpha value is -1.06. The first-order valence-corrected chi connectivity index (χ1v) is 6.43. The van der Waals surface area contributed by atoms with E-state index in [2.05, 4.69) is 36.4 Å². The summed E-state index contributed by atoms with van der Waals surface area (Å²) in [6.07, 6.45) is 3.70. The normalized spacial score (nSPS) is 19.4. The van der Waals surface area contributed by atoms with Crippen LogP contribution >= 0.6 is 0 Å². The first-order chi connectivity index (χ1) is 8.16. The van der Waals surface area contributed by atoms with Crippen LogP contribution in [0.2, 0.25) is 0 Å². The number of anilines is 1. The summed E-state index contributed by atoms with van der Waals surface area (Å²) in [5, 5.41) is 3.64. The molecule has 3 heteroatoms. The molecule has 1 aromatic carbocycles. The molecule has 0 spiro atoms. The maximum atomic E-state index is 5.88. The zero-order valence-electron chi connectivity index (χ0n) is 10.9. The van der Waals surface area contributed by atoms with E-state index in [0.29, 0.717) is 6.04 Å². The third kappa shape index (κ3) is 3.20. The van der Waals surface area contributed by atoms with Crippen LogP contribution in [0.15, 0.2) is 18.2 Å². The molecule has 1 aromatic rings. The quantitative estimate of drug-likeness (QED) is 0.779. The zero-order chi connectivity index (χ0) is 12.3. The van der Waals surface area contributed by atoms with Gasteiger partial charge in [-0.15, -0.1) is 0 Å². The molecule has 3 N–H and O–H groups in total. The van der Waals surface area contributed by atoms with E-state index in [-0.39, 0.29) is 0 Å². The standard InChI is InChI=1S/C14H23N3/c1-17(2)9-8-16-14-5-3-4-11-6-7-12(15)10-13(11)14/h6-7,10,14,16H,3-5,8-9,15H2,1-2H3. The lowest BCUT2D eigenvalue weighted by molar-refractivity contribution is 0.372. The predicted octanol–water partition coefficient (Wildman–Crippen LogP) is 1.80. The smallest absolute Gasteiger partial charge is 0.0324 e. The first-order valence-electron chi connectivity index (χ1n) is 6.43. The van der Waals surface area contributed by atoms with Crippen molar-refractivity contribution in [2.24, 2.45) is 0 Å². The number of nitrogens with zero attached hydrogens (tertiary/aromatic N) is 1. The molecule has 0 radical (unpaired) electrons. The third-order valence-electron chi connectivity index (χ3n) is 3.43. The molecule has 0 aromatic heterocycles. The lowest BCUT2D eigenvalue weighted by atomic mass is 9.87. The molecule has 1 atom stereocenters. The largest absolute Gasteiger partial charge is 0.399 e. The molecular weight excluding hydrogens is 210 g/mol. The summed E-state index contributed by atoms with van der Waals surface area (Å²) in [6, 6.07) is 6.83. The molecule has 1 aliphatic carbocycles. The number of hydrogen-bond acceptors (Lipinski definition) is 3. The molecule has 2 rings (SSSR count). The highest BCUT2D eigenvalue weighted by atomic mass is 15.1. The Morgan fingerprint density at radius 1 is 1.41 bits per heavy atom. The number of hydrogen-bond donors (Lipinski definition) is 2. The van der Waals surface area contributed by atoms with Crippen LogP contribution in [0.4, 0.5) is 5.69 Å². The summed E-state index contributed by atoms with van der Waals surface area (Å²) in [5.41, 5.74) is 9.64. The lowest BCUT2D eigenvalue weighted by Crippen LogP contribution is -2.31. The molecule has 0 saturated carbocycles. The van der Waals surface area contributed by atoms with E-state index in [1.165, 1.54) is 30.4 Å². The van der Waals surface area contributed by atoms with Gasteiger partial charge in [0.2, 0.25) is 0 Å². The van der Waals surface area contributed by atoms with E-state index >= 15 is 0 Å². The third-order valence-corrected chi connectivity index (χ3v) is 3.43. The Morgan fingerprint density at radius 2 is 2.24 bits per heavy atom. The second kappa shape index (κ2) is 5.52. The minimum Gasteiger partial charge on any atom is -0.399 e. The number of fused-ring (bicyclic) bond motifs is 1. The Labute approximate surface area is 104 Å². The summed E-state index contributed by atoms with van der Waals surface area (Å²) in [5.74, 6) is 0. The van der Waals surface area contributed by atoms with Crippen molar-refractivity contribution in [2.45, 2.75) is 25.3 Å². The number of nitrogens with two attached hydrogens (primary N) is 1. The fourth-order valence-corrected chi connectivity index (χ4v) is 2.49. The molecule has 17 heavy (non-hydrogen) atoms. The van der Waals surface area contributed by atoms with Crippen LogP contribution in [0, 0.1) is 0 Å². The molecule has 0 bridgehead atoms. The van der Waals surface area contributed by atoms with Gasteiger partial charge in [0.1, 0.15) is 0 Å². The van der Waals surface area contributed by atoms with Gasteiger partial charge in [0, 0.05) is 24.8 Å². The molecule has 0 aliphatic heterocycles. The molecule has 0 amide bonds. The van der Waals surface area contributed by atoms with E-state index in [1.807, 2.05) is 6.07 Å². The average molecular weight is 233 g/mol. The number of nitrogen functional groups attached to an aromatic ring is 1. The molecule has 3 nitrogen and oxygen atoms in total. The molecule has 94 valence electrons. The van der Waals surface area contributed by atoms with Crippen molar-refractivity contribution in [3.63, 3.8) is 0 Å². The second-order valence-electron chi connectivity index (χ2n) is 5.16. The summed E-state index contributed by atoms with van der Waals surface area (Å²) < 4.78 is 0. The van der Waals surface area contributed by atoms with Crippen LogP contribution in [0.1, 0.15) is 30.0 Å². The van der Waals surface area contributed by atoms with Crippen LogP contribution in [0.25, 0.3) is 0 Å². The van der Waals surface area contributed by atoms with Gasteiger partial charge in [0.15, 0.2) is 0 Å². The number of aryl methyl sites for hydroxylation is 1. The maximum absolute atomic E-state index is 5.88. The highest BCUT2D eigenvalue weighted by Gasteiger charge is 2.19. The van der Waals surface area contributed by atoms with Crippen molar-refractivity contribution in [3.8, 4) is 0 Å². The highest BCUT2D eigenvalue weighted by Crippen LogP contribution is 2.30. The summed E-state index contributed by atoms with van der Waals surface area (Å²) in [4.78, 5) is 2.20. The lowest BCUT2D eigenvalue weighted by Gasteiger charge is -2.27. The van der Waals surface area contributed by atoms with Gasteiger partial charge in [-0.2, -0.15) is 0 Å². The van der Waals surface area contributed by atoms with Crippen LogP contribution in [-0.2, 0) is 6.42 Å². The SMILES string of the molecule is CN(C)CCNC1CCCc2ccc(N)cc21. The van der Waals surface area contributed by atoms with Crippen molar-refractivity contribution in [3.05, 3.63) is 29.3 Å². The predicted molar refractivity (Wildman–Crippen MR) is 73.1 cm³/mol. The molecule has 0 fully saturated rings. The van der Waals surface area contributed by atoms with Crippen molar-refractivity contribution in [1.29, 1.82) is 0 Å². The average Bonchev–Trinajstić information content (AvgIpc) is 2.29. The van der Waals surface area contributed by atoms with E-state index in [1.54, 1.807) is 0 Å². The zero-order valence-corrected chi connectivity index (χ0v) is 10.9. The van der Waals surface area contributed by atoms with Crippen molar-refractivity contribution < 1.29 is 0 Å². The van der Waals surface area contributed by atoms with E-state index in [9.17, 15) is 0 Å². The van der Waals surface area contributed by atoms with Crippen molar-refractivity contribution >= 4 is 5.69 Å². The van der Waals surface area contributed by atoms with E-state index in [4.69, 9.17) is 5.73 Å². The molecular formula is C14H23N3. The van der Waals surface area contributed by atoms with Crippen LogP contribution in [0.3, 0.4) is 0 Å². The Morgan fingerprint density at radius 3 is 3.00 bits per heavy atom. The van der Waals surface area contributed by atoms with E-state index < -0.39 is 0 Å². The fourth-order valence-electron chi connectivity index (χ4n) is 2.49. The van der Waals surface area contributed by atoms with Crippen LogP contribution < -0.4 is 11.1 Å². The maximum Gasteiger partial charge on any atom is 0.0324 e. The molecule has 1 aliphatic rings. The molecule has 0 heterocycles. The Kier molecular flexibility index (Phi) is 4.02. The minimum atomic E-state index is 0.488. The monoisotopic (exact) mass is 233 g/mol. The van der Waals surface area contributed by atoms with Gasteiger partial charge in [-0.25, -0.2) is 0 Å². The number of rotatable bonds is 4. The van der Waals surface area contributed by atoms with Crippen molar-refractivity contribution in [2.75, 3.05) is 32.9 Å². The van der Waals surface area contributed by atoms with Gasteiger partial charge in [-0.1, -0.05) is 6.07 Å². The topological polar surface area (TPSA) is 41.3 Å². The fraction of sp³-hybridized carbons (Fsp3) is 0.571. The summed E-state index contributed by atoms with van der Waals surface area (Å²) in [6.45, 7) is 2.11. The number of likely N-dealkylation sites (N-methyl/N-ethyl adjacent to an activating group) is 1. The highest BCUT2D eigenvalue weighted by molar-refractivity contribution is 5.46. The number of nitrogens with one attached hydrogen (secondary N) is 1.